The lowest BCUT2D eigenvalue weighted by atomic mass is 10.3. The summed E-state index contributed by atoms with van der Waals surface area (Å²) in [5, 5.41) is 0.620. The van der Waals surface area contributed by atoms with Gasteiger partial charge in [0.05, 0.1) is 4.47 Å². The summed E-state index contributed by atoms with van der Waals surface area (Å²) in [6.45, 7) is 0. The number of nitrogens with two attached hydrogens (primary N) is 1. The number of hydrogen-bond acceptors (Lipinski definition) is 3. The van der Waals surface area contributed by atoms with Crippen molar-refractivity contribution >= 4 is 44.7 Å². The van der Waals surface area contributed by atoms with Crippen molar-refractivity contribution in [3.63, 3.8) is 0 Å². The quantitative estimate of drug-likeness (QED) is 0.858. The van der Waals surface area contributed by atoms with Crippen LogP contribution in [0.1, 0.15) is 5.69 Å². The Morgan fingerprint density at radius 2 is 2.11 bits per heavy atom. The van der Waals surface area contributed by atoms with E-state index in [-0.39, 0.29) is 4.99 Å². The maximum absolute atomic E-state index is 5.86. The molecule has 6 heteroatoms. The second kappa shape index (κ2) is 5.65. The van der Waals surface area contributed by atoms with Crippen molar-refractivity contribution in [2.45, 2.75) is 0 Å². The van der Waals surface area contributed by atoms with Gasteiger partial charge in [-0.05, 0) is 46.3 Å². The molecule has 0 aliphatic carbocycles. The molecule has 1 aromatic carbocycles. The van der Waals surface area contributed by atoms with Gasteiger partial charge in [-0.15, -0.1) is 0 Å². The van der Waals surface area contributed by atoms with Crippen LogP contribution in [0.5, 0.6) is 11.5 Å². The van der Waals surface area contributed by atoms with Crippen molar-refractivity contribution in [2.75, 3.05) is 0 Å². The molecule has 18 heavy (non-hydrogen) atoms. The fourth-order valence-corrected chi connectivity index (χ4v) is 2.25. The van der Waals surface area contributed by atoms with Gasteiger partial charge < -0.3 is 10.5 Å². The van der Waals surface area contributed by atoms with Crippen molar-refractivity contribution < 1.29 is 4.74 Å². The van der Waals surface area contributed by atoms with Crippen LogP contribution in [0.15, 0.2) is 41.0 Å². The van der Waals surface area contributed by atoms with Gasteiger partial charge in [-0.25, -0.2) is 4.98 Å². The Labute approximate surface area is 123 Å². The molecule has 0 aliphatic heterocycles. The summed E-state index contributed by atoms with van der Waals surface area (Å²) < 4.78 is 6.46. The van der Waals surface area contributed by atoms with Crippen LogP contribution >= 0.6 is 39.7 Å². The van der Waals surface area contributed by atoms with Gasteiger partial charge in [-0.1, -0.05) is 23.8 Å². The SMILES string of the molecule is NC(=S)c1ncccc1Oc1ccc(Cl)cc1Br. The summed E-state index contributed by atoms with van der Waals surface area (Å²) >= 11 is 14.2. The molecule has 0 atom stereocenters. The van der Waals surface area contributed by atoms with E-state index in [1.54, 1.807) is 36.5 Å². The van der Waals surface area contributed by atoms with Crippen molar-refractivity contribution in [2.24, 2.45) is 5.73 Å². The standard InChI is InChI=1S/C12H8BrClN2OS/c13-8-6-7(14)3-4-9(8)17-10-2-1-5-16-11(10)12(15)18/h1-6H,(H2,15,18). The van der Waals surface area contributed by atoms with E-state index in [1.165, 1.54) is 0 Å². The zero-order chi connectivity index (χ0) is 13.1. The predicted molar refractivity (Wildman–Crippen MR) is 79.4 cm³/mol. The van der Waals surface area contributed by atoms with E-state index in [1.807, 2.05) is 0 Å². The van der Waals surface area contributed by atoms with Crippen LogP contribution in [0, 0.1) is 0 Å². The van der Waals surface area contributed by atoms with Crippen molar-refractivity contribution in [3.05, 3.63) is 51.7 Å². The van der Waals surface area contributed by atoms with Gasteiger partial charge in [-0.2, -0.15) is 0 Å². The minimum absolute atomic E-state index is 0.190. The number of ether oxygens (including phenoxy) is 1. The van der Waals surface area contributed by atoms with E-state index >= 15 is 0 Å². The second-order valence-corrected chi connectivity index (χ2v) is 5.12. The lowest BCUT2D eigenvalue weighted by Crippen LogP contribution is -2.12. The van der Waals surface area contributed by atoms with E-state index in [2.05, 4.69) is 20.9 Å². The third kappa shape index (κ3) is 2.98. The van der Waals surface area contributed by atoms with Crippen LogP contribution in [0.2, 0.25) is 5.02 Å². The molecule has 1 heterocycles. The molecule has 0 spiro atoms. The Morgan fingerprint density at radius 3 is 2.78 bits per heavy atom. The Bertz CT molecular complexity index is 606. The predicted octanol–water partition coefficient (Wildman–Crippen LogP) is 3.92. The minimum atomic E-state index is 0.190. The molecule has 0 amide bonds. The van der Waals surface area contributed by atoms with E-state index in [9.17, 15) is 0 Å². The first-order chi connectivity index (χ1) is 8.58. The molecule has 0 unspecified atom stereocenters. The Hall–Kier alpha value is -1.17. The number of halogens is 2. The van der Waals surface area contributed by atoms with Crippen LogP contribution in [0.4, 0.5) is 0 Å². The third-order valence-electron chi connectivity index (χ3n) is 2.12. The maximum atomic E-state index is 5.86. The maximum Gasteiger partial charge on any atom is 0.156 e. The zero-order valence-corrected chi connectivity index (χ0v) is 12.2. The van der Waals surface area contributed by atoms with E-state index < -0.39 is 0 Å². The Morgan fingerprint density at radius 1 is 1.33 bits per heavy atom. The summed E-state index contributed by atoms with van der Waals surface area (Å²) in [5.41, 5.74) is 6.04. The molecular weight excluding hydrogens is 336 g/mol. The summed E-state index contributed by atoms with van der Waals surface area (Å²) in [4.78, 5) is 4.28. The number of thiocarbonyl (C=S) groups is 1. The molecule has 0 fully saturated rings. The van der Waals surface area contributed by atoms with Crippen LogP contribution in [-0.4, -0.2) is 9.97 Å². The summed E-state index contributed by atoms with van der Waals surface area (Å²) in [6.07, 6.45) is 1.61. The zero-order valence-electron chi connectivity index (χ0n) is 9.06. The Kier molecular flexibility index (Phi) is 4.16. The van der Waals surface area contributed by atoms with E-state index in [4.69, 9.17) is 34.3 Å². The lowest BCUT2D eigenvalue weighted by Gasteiger charge is -2.10. The average Bonchev–Trinajstić information content (AvgIpc) is 2.33. The van der Waals surface area contributed by atoms with Gasteiger partial charge in [0.2, 0.25) is 0 Å². The van der Waals surface area contributed by atoms with Gasteiger partial charge in [0.25, 0.3) is 0 Å². The second-order valence-electron chi connectivity index (χ2n) is 3.39. The van der Waals surface area contributed by atoms with Gasteiger partial charge in [0.1, 0.15) is 16.4 Å². The Balaban J connectivity index is 2.37. The topological polar surface area (TPSA) is 48.1 Å². The van der Waals surface area contributed by atoms with E-state index in [0.29, 0.717) is 22.2 Å². The van der Waals surface area contributed by atoms with Crippen LogP contribution in [0.25, 0.3) is 0 Å². The van der Waals surface area contributed by atoms with Crippen molar-refractivity contribution in [1.82, 2.24) is 4.98 Å². The van der Waals surface area contributed by atoms with Crippen molar-refractivity contribution in [3.8, 4) is 11.5 Å². The van der Waals surface area contributed by atoms with Gasteiger partial charge in [0.15, 0.2) is 5.75 Å². The first-order valence-electron chi connectivity index (χ1n) is 4.95. The smallest absolute Gasteiger partial charge is 0.156 e. The molecule has 2 aromatic rings. The molecule has 0 bridgehead atoms. The molecule has 3 nitrogen and oxygen atoms in total. The van der Waals surface area contributed by atoms with Gasteiger partial charge in [-0.3, -0.25) is 0 Å². The number of aromatic nitrogens is 1. The van der Waals surface area contributed by atoms with Crippen LogP contribution < -0.4 is 10.5 Å². The normalized spacial score (nSPS) is 10.1. The molecule has 0 saturated heterocycles. The molecular formula is C12H8BrClN2OS. The highest BCUT2D eigenvalue weighted by Crippen LogP contribution is 2.32. The highest BCUT2D eigenvalue weighted by molar-refractivity contribution is 9.10. The molecule has 2 rings (SSSR count). The minimum Gasteiger partial charge on any atom is -0.454 e. The first-order valence-corrected chi connectivity index (χ1v) is 6.53. The largest absolute Gasteiger partial charge is 0.454 e. The number of hydrogen-bond donors (Lipinski definition) is 1. The number of rotatable bonds is 3. The lowest BCUT2D eigenvalue weighted by molar-refractivity contribution is 0.476. The molecule has 2 N–H and O–H groups in total. The molecule has 1 aromatic heterocycles. The number of nitrogens with zero attached hydrogens (tertiary/aromatic N) is 1. The monoisotopic (exact) mass is 342 g/mol. The van der Waals surface area contributed by atoms with Crippen LogP contribution in [0.3, 0.4) is 0 Å². The number of benzene rings is 1. The molecule has 0 radical (unpaired) electrons. The fourth-order valence-electron chi connectivity index (χ4n) is 1.33. The third-order valence-corrected chi connectivity index (χ3v) is 3.17. The molecule has 92 valence electrons. The van der Waals surface area contributed by atoms with E-state index in [0.717, 1.165) is 4.47 Å². The fraction of sp³-hybridized carbons (Fsp3) is 0. The average molecular weight is 344 g/mol. The summed E-state index contributed by atoms with van der Waals surface area (Å²) in [7, 11) is 0. The summed E-state index contributed by atoms with van der Waals surface area (Å²) in [6, 6.07) is 8.73. The van der Waals surface area contributed by atoms with Gasteiger partial charge >= 0.3 is 0 Å². The summed E-state index contributed by atoms with van der Waals surface area (Å²) in [5.74, 6) is 1.12. The van der Waals surface area contributed by atoms with Crippen molar-refractivity contribution in [1.29, 1.82) is 0 Å². The highest BCUT2D eigenvalue weighted by Gasteiger charge is 2.10. The highest BCUT2D eigenvalue weighted by atomic mass is 79.9. The molecule has 0 aliphatic rings. The first kappa shape index (κ1) is 13.3. The number of pyridine rings is 1. The van der Waals surface area contributed by atoms with Gasteiger partial charge in [0, 0.05) is 11.2 Å². The molecule has 0 saturated carbocycles. The van der Waals surface area contributed by atoms with Crippen LogP contribution in [-0.2, 0) is 0 Å².